The van der Waals surface area contributed by atoms with Gasteiger partial charge in [-0.1, -0.05) is 56.3 Å². The molecule has 17 heteroatoms. The van der Waals surface area contributed by atoms with Gasteiger partial charge in [0.1, 0.15) is 6.23 Å². The molecule has 9 N–H and O–H groups in total. The number of aliphatic hydroxyl groups excluding tert-OH is 1. The van der Waals surface area contributed by atoms with Crippen LogP contribution in [0.4, 0.5) is 46.3 Å². The molecule has 17 nitrogen and oxygen atoms in total. The highest BCUT2D eigenvalue weighted by atomic mass is 16.3. The highest BCUT2D eigenvalue weighted by Crippen LogP contribution is 2.45. The number of aromatic nitrogens is 3. The highest BCUT2D eigenvalue weighted by Gasteiger charge is 2.34. The van der Waals surface area contributed by atoms with Crippen molar-refractivity contribution in [2.45, 2.75) is 60.1 Å². The molecule has 5 aromatic rings. The maximum Gasteiger partial charge on any atom is 0.233 e. The Balaban J connectivity index is 0.000000264. The van der Waals surface area contributed by atoms with E-state index in [4.69, 9.17) is 0 Å². The quantitative estimate of drug-likeness (QED) is 0.0140. The van der Waals surface area contributed by atoms with Crippen molar-refractivity contribution in [3.05, 3.63) is 131 Å². The average Bonchev–Trinajstić information content (AvgIpc) is 3.52. The number of azo groups is 2. The average molecular weight is 899 g/mol. The second-order valence-electron chi connectivity index (χ2n) is 15.5. The van der Waals surface area contributed by atoms with Crippen LogP contribution in [0, 0.1) is 27.7 Å². The Kier molecular flexibility index (Phi) is 22.2. The number of anilines is 5. The van der Waals surface area contributed by atoms with Crippen LogP contribution >= 0.6 is 0 Å². The third-order valence-electron chi connectivity index (χ3n) is 10.3. The lowest BCUT2D eigenvalue weighted by Crippen LogP contribution is -2.32. The van der Waals surface area contributed by atoms with Crippen LogP contribution in [0.5, 0.6) is 0 Å². The molecular weight excluding hydrogens is 829 g/mol. The topological polar surface area (TPSA) is 217 Å². The SMILES string of the molecule is C=C.CN=Nc1cc(C)c(Nc2nc(NCNC)nc(NCNC)n2)cc1C.CNC(O)CNc1cc(C)c(N=Nc2ccccc2)cc1C.CNN=CC1=C(C)c2ccccc2C1(C)C. The molecule has 4 aromatic carbocycles. The standard InChI is InChI=1S/C17H22N4O.C16H26N10.C14H18N2.C2H4/c1-12-10-16(21-20-14-7-5-4-6-8-14)13(2)9-15(12)19-11-17(22)18-3;1-10-7-13(26-19-5)11(2)6-12(10)22-16-24-14(20-8-17-3)23-15(25-16)21-9-18-4;1-10-11-7-5-6-8-12(11)14(2,3)13(10)9-16-15-4;1-2/h4-10,17-19,22H,11H2,1-3H3;6-7,17-18H,8-9H2,1-5H3,(H3,20,21,22,23,24,25);5-9,15H,1-4H3;1-2H2. The van der Waals surface area contributed by atoms with Gasteiger partial charge in [0.05, 0.1) is 43.2 Å². The Labute approximate surface area is 391 Å². The van der Waals surface area contributed by atoms with E-state index in [0.717, 1.165) is 50.7 Å². The van der Waals surface area contributed by atoms with Crippen LogP contribution in [0.1, 0.15) is 54.2 Å². The molecule has 1 aliphatic rings. The van der Waals surface area contributed by atoms with Gasteiger partial charge in [-0.3, -0.25) is 5.32 Å². The fourth-order valence-corrected chi connectivity index (χ4v) is 6.71. The zero-order valence-corrected chi connectivity index (χ0v) is 40.7. The first-order valence-electron chi connectivity index (χ1n) is 21.7. The van der Waals surface area contributed by atoms with E-state index in [1.165, 1.54) is 22.3 Å². The number of hydrazone groups is 1. The summed E-state index contributed by atoms with van der Waals surface area (Å²) < 4.78 is 0. The number of hydrogen-bond donors (Lipinski definition) is 9. The Hall–Kier alpha value is -6.92. The maximum atomic E-state index is 9.54. The smallest absolute Gasteiger partial charge is 0.233 e. The molecule has 1 heterocycles. The summed E-state index contributed by atoms with van der Waals surface area (Å²) in [6.07, 6.45) is 1.37. The third kappa shape index (κ3) is 15.7. The summed E-state index contributed by atoms with van der Waals surface area (Å²) in [7, 11) is 8.88. The number of aryl methyl sites for hydroxylation is 4. The van der Waals surface area contributed by atoms with Gasteiger partial charge in [-0.05, 0) is 137 Å². The Morgan fingerprint density at radius 2 is 1.21 bits per heavy atom. The summed E-state index contributed by atoms with van der Waals surface area (Å²) in [5.74, 6) is 1.40. The maximum absolute atomic E-state index is 9.54. The van der Waals surface area contributed by atoms with Gasteiger partial charge < -0.3 is 42.4 Å². The molecular formula is C49H70N16O. The number of benzene rings is 4. The fraction of sp³-hybridized carbons (Fsp3) is 0.347. The third-order valence-corrected chi connectivity index (χ3v) is 10.3. The summed E-state index contributed by atoms with van der Waals surface area (Å²) >= 11 is 0. The number of nitrogens with zero attached hydrogens (tertiary/aromatic N) is 8. The summed E-state index contributed by atoms with van der Waals surface area (Å²) in [5, 5.41) is 51.7. The Morgan fingerprint density at radius 1 is 0.667 bits per heavy atom. The van der Waals surface area contributed by atoms with E-state index in [-0.39, 0.29) is 5.41 Å². The first kappa shape index (κ1) is 53.4. The summed E-state index contributed by atoms with van der Waals surface area (Å²) in [6, 6.07) is 26.3. The van der Waals surface area contributed by atoms with Crippen molar-refractivity contribution in [2.75, 3.05) is 76.4 Å². The molecule has 1 aromatic heterocycles. The molecule has 1 unspecified atom stereocenters. The van der Waals surface area contributed by atoms with Crippen LogP contribution < -0.4 is 42.6 Å². The van der Waals surface area contributed by atoms with E-state index in [1.54, 1.807) is 14.1 Å². The van der Waals surface area contributed by atoms with Gasteiger partial charge in [0.15, 0.2) is 0 Å². The van der Waals surface area contributed by atoms with Crippen molar-refractivity contribution < 1.29 is 5.11 Å². The monoisotopic (exact) mass is 899 g/mol. The minimum Gasteiger partial charge on any atom is -0.381 e. The van der Waals surface area contributed by atoms with Crippen molar-refractivity contribution in [1.29, 1.82) is 0 Å². The van der Waals surface area contributed by atoms with Crippen LogP contribution in [0.3, 0.4) is 0 Å². The second kappa shape index (κ2) is 27.4. The van der Waals surface area contributed by atoms with Crippen LogP contribution in [-0.4, -0.2) is 87.6 Å². The summed E-state index contributed by atoms with van der Waals surface area (Å²) in [4.78, 5) is 13.2. The molecule has 0 amide bonds. The van der Waals surface area contributed by atoms with Gasteiger partial charge in [-0.25, -0.2) is 0 Å². The molecule has 6 rings (SSSR count). The molecule has 0 spiro atoms. The molecule has 0 aliphatic heterocycles. The van der Waals surface area contributed by atoms with Gasteiger partial charge in [0, 0.05) is 30.9 Å². The lowest BCUT2D eigenvalue weighted by Gasteiger charge is -2.22. The van der Waals surface area contributed by atoms with Crippen molar-refractivity contribution in [3.63, 3.8) is 0 Å². The first-order chi connectivity index (χ1) is 31.7. The van der Waals surface area contributed by atoms with Crippen molar-refractivity contribution in [1.82, 2.24) is 36.3 Å². The van der Waals surface area contributed by atoms with Crippen LogP contribution in [0.15, 0.2) is 123 Å². The van der Waals surface area contributed by atoms with Crippen LogP contribution in [-0.2, 0) is 5.41 Å². The normalized spacial score (nSPS) is 12.9. The number of likely N-dealkylation sites (N-methyl/N-ethyl adjacent to an activating group) is 1. The summed E-state index contributed by atoms with van der Waals surface area (Å²) in [6.45, 7) is 22.2. The molecule has 0 bridgehead atoms. The molecule has 66 heavy (non-hydrogen) atoms. The van der Waals surface area contributed by atoms with E-state index in [1.807, 2.05) is 110 Å². The molecule has 1 aliphatic carbocycles. The molecule has 352 valence electrons. The van der Waals surface area contributed by atoms with E-state index in [2.05, 4.69) is 141 Å². The lowest BCUT2D eigenvalue weighted by molar-refractivity contribution is 0.160. The summed E-state index contributed by atoms with van der Waals surface area (Å²) in [5.41, 5.74) is 16.8. The van der Waals surface area contributed by atoms with Crippen LogP contribution in [0.2, 0.25) is 0 Å². The molecule has 0 saturated carbocycles. The van der Waals surface area contributed by atoms with E-state index >= 15 is 0 Å². The highest BCUT2D eigenvalue weighted by molar-refractivity contribution is 5.97. The van der Waals surface area contributed by atoms with Gasteiger partial charge >= 0.3 is 0 Å². The number of hydrogen-bond acceptors (Lipinski definition) is 17. The van der Waals surface area contributed by atoms with Gasteiger partial charge in [0.25, 0.3) is 0 Å². The zero-order valence-electron chi connectivity index (χ0n) is 40.7. The fourth-order valence-electron chi connectivity index (χ4n) is 6.71. The van der Waals surface area contributed by atoms with Gasteiger partial charge in [0.2, 0.25) is 17.8 Å². The van der Waals surface area contributed by atoms with Gasteiger partial charge in [-0.2, -0.15) is 40.5 Å². The minimum atomic E-state index is -0.572. The van der Waals surface area contributed by atoms with Crippen molar-refractivity contribution >= 4 is 58.1 Å². The molecule has 0 fully saturated rings. The lowest BCUT2D eigenvalue weighted by atomic mass is 9.82. The first-order valence-corrected chi connectivity index (χ1v) is 21.7. The number of aliphatic hydroxyl groups is 1. The van der Waals surface area contributed by atoms with E-state index in [0.29, 0.717) is 37.7 Å². The van der Waals surface area contributed by atoms with Gasteiger partial charge in [-0.15, -0.1) is 13.2 Å². The molecule has 1 atom stereocenters. The van der Waals surface area contributed by atoms with Crippen molar-refractivity contribution in [2.24, 2.45) is 25.6 Å². The van der Waals surface area contributed by atoms with Crippen molar-refractivity contribution in [3.8, 4) is 0 Å². The Bertz CT molecular complexity index is 2390. The number of fused-ring (bicyclic) bond motifs is 1. The predicted octanol–water partition coefficient (Wildman–Crippen LogP) is 9.55. The molecule has 0 radical (unpaired) electrons. The zero-order chi connectivity index (χ0) is 48.6. The van der Waals surface area contributed by atoms with E-state index in [9.17, 15) is 5.11 Å². The number of nitrogens with one attached hydrogen (secondary N) is 8. The Morgan fingerprint density at radius 3 is 1.77 bits per heavy atom. The second-order valence-corrected chi connectivity index (χ2v) is 15.5. The van der Waals surface area contributed by atoms with E-state index < -0.39 is 6.23 Å². The van der Waals surface area contributed by atoms with Crippen LogP contribution in [0.25, 0.3) is 5.57 Å². The molecule has 0 saturated heterocycles. The number of allylic oxidation sites excluding steroid dienone is 2. The minimum absolute atomic E-state index is 0.0566. The predicted molar refractivity (Wildman–Crippen MR) is 276 cm³/mol. The largest absolute Gasteiger partial charge is 0.381 e. The number of rotatable bonds is 17.